The molecule has 0 spiro atoms. The number of hydrogen-bond donors (Lipinski definition) is 0. The molecule has 1 saturated carbocycles. The van der Waals surface area contributed by atoms with Crippen molar-refractivity contribution in [3.63, 3.8) is 0 Å². The van der Waals surface area contributed by atoms with Crippen molar-refractivity contribution >= 4 is 29.1 Å². The van der Waals surface area contributed by atoms with Gasteiger partial charge in [-0.05, 0) is 36.8 Å². The fraction of sp³-hybridized carbons (Fsp3) is 0.500. The van der Waals surface area contributed by atoms with Crippen LogP contribution in [0.4, 0.5) is 0 Å². The van der Waals surface area contributed by atoms with Gasteiger partial charge in [0.05, 0.1) is 10.0 Å². The average Bonchev–Trinajstić information content (AvgIpc) is 2.96. The van der Waals surface area contributed by atoms with E-state index in [-0.39, 0.29) is 11.8 Å². The van der Waals surface area contributed by atoms with Crippen molar-refractivity contribution in [3.05, 3.63) is 33.8 Å². The first-order valence-corrected chi connectivity index (χ1v) is 7.17. The summed E-state index contributed by atoms with van der Waals surface area (Å²) in [5, 5.41) is 1.19. The van der Waals surface area contributed by atoms with Crippen molar-refractivity contribution in [1.29, 1.82) is 0 Å². The highest BCUT2D eigenvalue weighted by atomic mass is 35.5. The van der Waals surface area contributed by atoms with Gasteiger partial charge in [0.2, 0.25) is 5.91 Å². The predicted molar refractivity (Wildman–Crippen MR) is 73.1 cm³/mol. The minimum Gasteiger partial charge on any atom is -0.342 e. The van der Waals surface area contributed by atoms with E-state index in [0.717, 1.165) is 37.9 Å². The lowest BCUT2D eigenvalue weighted by atomic mass is 10.1. The molecule has 1 aliphatic heterocycles. The molecule has 1 saturated heterocycles. The van der Waals surface area contributed by atoms with E-state index in [1.165, 1.54) is 0 Å². The van der Waals surface area contributed by atoms with Crippen LogP contribution in [0, 0.1) is 5.92 Å². The smallest absolute Gasteiger partial charge is 0.226 e. The molecule has 0 N–H and O–H groups in total. The van der Waals surface area contributed by atoms with Crippen LogP contribution in [-0.4, -0.2) is 23.9 Å². The molecule has 2 unspecified atom stereocenters. The maximum atomic E-state index is 12.2. The highest BCUT2D eigenvalue weighted by Crippen LogP contribution is 2.51. The van der Waals surface area contributed by atoms with E-state index in [1.807, 2.05) is 17.0 Å². The lowest BCUT2D eigenvalue weighted by molar-refractivity contribution is -0.131. The number of benzene rings is 1. The number of likely N-dealkylation sites (tertiary alicyclic amines) is 1. The van der Waals surface area contributed by atoms with Crippen LogP contribution in [0.25, 0.3) is 0 Å². The normalized spacial score (nSPS) is 26.4. The minimum absolute atomic E-state index is 0.124. The van der Waals surface area contributed by atoms with Gasteiger partial charge in [0.1, 0.15) is 0 Å². The second kappa shape index (κ2) is 4.75. The highest BCUT2D eigenvalue weighted by molar-refractivity contribution is 6.42. The number of nitrogens with zero attached hydrogens (tertiary/aromatic N) is 1. The second-order valence-corrected chi connectivity index (χ2v) is 5.91. The molecule has 0 bridgehead atoms. The third-order valence-corrected chi connectivity index (χ3v) is 4.74. The van der Waals surface area contributed by atoms with Crippen molar-refractivity contribution in [2.45, 2.75) is 25.2 Å². The van der Waals surface area contributed by atoms with Crippen molar-refractivity contribution in [2.75, 3.05) is 13.1 Å². The number of rotatable bonds is 2. The van der Waals surface area contributed by atoms with Gasteiger partial charge < -0.3 is 4.90 Å². The van der Waals surface area contributed by atoms with Crippen molar-refractivity contribution in [2.24, 2.45) is 5.92 Å². The van der Waals surface area contributed by atoms with Crippen molar-refractivity contribution in [1.82, 2.24) is 4.90 Å². The maximum Gasteiger partial charge on any atom is 0.226 e. The molecular formula is C14H15Cl2NO. The molecule has 0 radical (unpaired) electrons. The monoisotopic (exact) mass is 283 g/mol. The first-order valence-electron chi connectivity index (χ1n) is 6.41. The summed E-state index contributed by atoms with van der Waals surface area (Å²) >= 11 is 12.2. The summed E-state index contributed by atoms with van der Waals surface area (Å²) in [5.41, 5.74) is 1.03. The Kier molecular flexibility index (Phi) is 3.25. The summed E-state index contributed by atoms with van der Waals surface area (Å²) in [6.07, 6.45) is 3.19. The third-order valence-electron chi connectivity index (χ3n) is 3.91. The Morgan fingerprint density at radius 1 is 1.22 bits per heavy atom. The van der Waals surface area contributed by atoms with Crippen LogP contribution in [0.5, 0.6) is 0 Å². The standard InChI is InChI=1S/C14H15Cl2NO/c15-12-5-3-4-9(13(12)16)10-8-11(10)14(18)17-6-1-2-7-17/h3-5,10-11H,1-2,6-8H2. The van der Waals surface area contributed by atoms with Crippen LogP contribution in [-0.2, 0) is 4.79 Å². The predicted octanol–water partition coefficient (Wildman–Crippen LogP) is 3.72. The van der Waals surface area contributed by atoms with Crippen molar-refractivity contribution < 1.29 is 4.79 Å². The van der Waals surface area contributed by atoms with Crippen molar-refractivity contribution in [3.8, 4) is 0 Å². The van der Waals surface area contributed by atoms with Crippen LogP contribution < -0.4 is 0 Å². The van der Waals surface area contributed by atoms with Crippen LogP contribution in [0.1, 0.15) is 30.7 Å². The summed E-state index contributed by atoms with van der Waals surface area (Å²) in [5.74, 6) is 0.692. The molecule has 2 nitrogen and oxygen atoms in total. The van der Waals surface area contributed by atoms with E-state index in [0.29, 0.717) is 16.0 Å². The van der Waals surface area contributed by atoms with Gasteiger partial charge in [0.25, 0.3) is 0 Å². The molecule has 1 aliphatic carbocycles. The number of hydrogen-bond acceptors (Lipinski definition) is 1. The average molecular weight is 284 g/mol. The van der Waals surface area contributed by atoms with Gasteiger partial charge >= 0.3 is 0 Å². The van der Waals surface area contributed by atoms with Crippen LogP contribution >= 0.6 is 23.2 Å². The molecule has 1 amide bonds. The van der Waals surface area contributed by atoms with Gasteiger partial charge in [-0.2, -0.15) is 0 Å². The van der Waals surface area contributed by atoms with Gasteiger partial charge in [0, 0.05) is 19.0 Å². The largest absolute Gasteiger partial charge is 0.342 e. The lowest BCUT2D eigenvalue weighted by Crippen LogP contribution is -2.29. The summed E-state index contributed by atoms with van der Waals surface area (Å²) in [6, 6.07) is 5.67. The van der Waals surface area contributed by atoms with Gasteiger partial charge in [-0.3, -0.25) is 4.79 Å². The van der Waals surface area contributed by atoms with E-state index in [1.54, 1.807) is 6.07 Å². The zero-order valence-electron chi connectivity index (χ0n) is 10.0. The summed E-state index contributed by atoms with van der Waals surface area (Å²) in [7, 11) is 0. The molecule has 4 heteroatoms. The van der Waals surface area contributed by atoms with Gasteiger partial charge in [-0.1, -0.05) is 35.3 Å². The van der Waals surface area contributed by atoms with Gasteiger partial charge in [-0.15, -0.1) is 0 Å². The van der Waals surface area contributed by atoms with Gasteiger partial charge in [0.15, 0.2) is 0 Å². The third kappa shape index (κ3) is 2.12. The zero-order chi connectivity index (χ0) is 12.7. The van der Waals surface area contributed by atoms with E-state index in [9.17, 15) is 4.79 Å². The summed E-state index contributed by atoms with van der Waals surface area (Å²) in [6.45, 7) is 1.84. The first kappa shape index (κ1) is 12.3. The Labute approximate surface area is 117 Å². The number of amides is 1. The van der Waals surface area contributed by atoms with Crippen LogP contribution in [0.2, 0.25) is 10.0 Å². The molecule has 3 rings (SSSR count). The molecule has 1 aromatic carbocycles. The molecular weight excluding hydrogens is 269 g/mol. The van der Waals surface area contributed by atoms with E-state index < -0.39 is 0 Å². The minimum atomic E-state index is 0.124. The quantitative estimate of drug-likeness (QED) is 0.810. The second-order valence-electron chi connectivity index (χ2n) is 5.12. The summed E-state index contributed by atoms with van der Waals surface area (Å²) in [4.78, 5) is 14.2. The molecule has 0 aromatic heterocycles. The van der Waals surface area contributed by atoms with Crippen LogP contribution in [0.15, 0.2) is 18.2 Å². The molecule has 1 heterocycles. The molecule has 2 aliphatic rings. The Bertz CT molecular complexity index is 483. The van der Waals surface area contributed by atoms with E-state index >= 15 is 0 Å². The maximum absolute atomic E-state index is 12.2. The molecule has 18 heavy (non-hydrogen) atoms. The van der Waals surface area contributed by atoms with E-state index in [2.05, 4.69) is 0 Å². The Morgan fingerprint density at radius 2 is 1.94 bits per heavy atom. The first-order chi connectivity index (χ1) is 8.68. The number of carbonyl (C=O) groups excluding carboxylic acids is 1. The topological polar surface area (TPSA) is 20.3 Å². The fourth-order valence-corrected chi connectivity index (χ4v) is 3.24. The summed E-state index contributed by atoms with van der Waals surface area (Å²) < 4.78 is 0. The van der Waals surface area contributed by atoms with Crippen LogP contribution in [0.3, 0.4) is 0 Å². The van der Waals surface area contributed by atoms with Gasteiger partial charge in [-0.25, -0.2) is 0 Å². The highest BCUT2D eigenvalue weighted by Gasteiger charge is 2.46. The molecule has 2 fully saturated rings. The zero-order valence-corrected chi connectivity index (χ0v) is 11.5. The van der Waals surface area contributed by atoms with E-state index in [4.69, 9.17) is 23.2 Å². The molecule has 1 aromatic rings. The Hall–Kier alpha value is -0.730. The Morgan fingerprint density at radius 3 is 2.67 bits per heavy atom. The molecule has 96 valence electrons. The number of carbonyl (C=O) groups is 1. The number of halogens is 2. The molecule has 2 atom stereocenters. The SMILES string of the molecule is O=C(C1CC1c1cccc(Cl)c1Cl)N1CCCC1. The Balaban J connectivity index is 1.73. The lowest BCUT2D eigenvalue weighted by Gasteiger charge is -2.15. The fourth-order valence-electron chi connectivity index (χ4n) is 2.79.